The monoisotopic (exact) mass is 164 g/mol. The Hall–Kier alpha value is -0.640. The van der Waals surface area contributed by atoms with E-state index in [1.165, 1.54) is 21.0 Å². The summed E-state index contributed by atoms with van der Waals surface area (Å²) in [5, 5.41) is 0. The summed E-state index contributed by atoms with van der Waals surface area (Å²) in [6.07, 6.45) is 0.0586. The average molecular weight is 164 g/mol. The van der Waals surface area contributed by atoms with Gasteiger partial charge in [0.15, 0.2) is 0 Å². The largest absolute Gasteiger partial charge is 0.429 e. The number of esters is 1. The molecular weight excluding hydrogens is 151 g/mol. The van der Waals surface area contributed by atoms with Gasteiger partial charge in [-0.1, -0.05) is 0 Å². The number of rotatable bonds is 4. The molecule has 0 aromatic heterocycles. The molecule has 3 nitrogen and oxygen atoms in total. The van der Waals surface area contributed by atoms with Crippen LogP contribution in [0.5, 0.6) is 0 Å². The van der Waals surface area contributed by atoms with Crippen LogP contribution in [0.4, 0.5) is 4.39 Å². The minimum Gasteiger partial charge on any atom is -0.429 e. The van der Waals surface area contributed by atoms with E-state index >= 15 is 0 Å². The van der Waals surface area contributed by atoms with Crippen molar-refractivity contribution in [3.8, 4) is 0 Å². The van der Waals surface area contributed by atoms with Crippen LogP contribution in [0.2, 0.25) is 0 Å². The highest BCUT2D eigenvalue weighted by atomic mass is 19.2. The maximum Gasteiger partial charge on any atom is 0.305 e. The average Bonchev–Trinajstić information content (AvgIpc) is 1.81. The standard InChI is InChI=1S/C7H13FO3/c1-6(9)11-7(2,8)4-5-10-3/h4-5H2,1-3H3. The Labute approximate surface area is 65.5 Å². The fraction of sp³-hybridized carbons (Fsp3) is 0.857. The molecule has 0 spiro atoms. The van der Waals surface area contributed by atoms with Crippen LogP contribution >= 0.6 is 0 Å². The Morgan fingerprint density at radius 2 is 2.18 bits per heavy atom. The second-order valence-corrected chi connectivity index (χ2v) is 2.44. The van der Waals surface area contributed by atoms with Gasteiger partial charge in [0.25, 0.3) is 5.85 Å². The van der Waals surface area contributed by atoms with Crippen molar-refractivity contribution in [2.75, 3.05) is 13.7 Å². The second-order valence-electron chi connectivity index (χ2n) is 2.44. The molecule has 0 N–H and O–H groups in total. The molecule has 0 amide bonds. The fourth-order valence-corrected chi connectivity index (χ4v) is 0.635. The van der Waals surface area contributed by atoms with Crippen LogP contribution in [0.1, 0.15) is 20.3 Å². The molecule has 11 heavy (non-hydrogen) atoms. The summed E-state index contributed by atoms with van der Waals surface area (Å²) in [6, 6.07) is 0. The molecular formula is C7H13FO3. The lowest BCUT2D eigenvalue weighted by Crippen LogP contribution is -2.26. The van der Waals surface area contributed by atoms with Crippen LogP contribution in [-0.4, -0.2) is 25.5 Å². The van der Waals surface area contributed by atoms with E-state index in [-0.39, 0.29) is 13.0 Å². The molecule has 0 aliphatic heterocycles. The van der Waals surface area contributed by atoms with Gasteiger partial charge in [0.05, 0.1) is 6.61 Å². The third kappa shape index (κ3) is 5.79. The topological polar surface area (TPSA) is 35.5 Å². The van der Waals surface area contributed by atoms with Gasteiger partial charge in [-0.3, -0.25) is 4.79 Å². The SMILES string of the molecule is COCCC(C)(F)OC(C)=O. The first-order valence-corrected chi connectivity index (χ1v) is 3.35. The summed E-state index contributed by atoms with van der Waals surface area (Å²) >= 11 is 0. The van der Waals surface area contributed by atoms with E-state index < -0.39 is 11.8 Å². The predicted octanol–water partition coefficient (Wildman–Crippen LogP) is 1.27. The van der Waals surface area contributed by atoms with E-state index in [0.29, 0.717) is 0 Å². The van der Waals surface area contributed by atoms with Crippen LogP contribution in [0, 0.1) is 0 Å². The third-order valence-corrected chi connectivity index (χ3v) is 1.11. The number of methoxy groups -OCH3 is 1. The maximum atomic E-state index is 13.0. The van der Waals surface area contributed by atoms with Crippen molar-refractivity contribution in [1.29, 1.82) is 0 Å². The summed E-state index contributed by atoms with van der Waals surface area (Å²) in [5.74, 6) is -2.52. The van der Waals surface area contributed by atoms with Gasteiger partial charge in [0.2, 0.25) is 0 Å². The Balaban J connectivity index is 3.70. The third-order valence-electron chi connectivity index (χ3n) is 1.11. The van der Waals surface area contributed by atoms with Crippen molar-refractivity contribution in [2.45, 2.75) is 26.1 Å². The van der Waals surface area contributed by atoms with Crippen LogP contribution in [-0.2, 0) is 14.3 Å². The van der Waals surface area contributed by atoms with Crippen molar-refractivity contribution >= 4 is 5.97 Å². The number of carbonyl (C=O) groups is 1. The molecule has 0 aromatic rings. The molecule has 0 fully saturated rings. The molecule has 0 aliphatic rings. The van der Waals surface area contributed by atoms with Gasteiger partial charge in [0.1, 0.15) is 0 Å². The van der Waals surface area contributed by atoms with Gasteiger partial charge in [0, 0.05) is 27.4 Å². The first-order valence-electron chi connectivity index (χ1n) is 3.35. The first kappa shape index (κ1) is 10.4. The van der Waals surface area contributed by atoms with Crippen molar-refractivity contribution in [3.05, 3.63) is 0 Å². The lowest BCUT2D eigenvalue weighted by atomic mass is 10.2. The molecule has 0 heterocycles. The molecule has 66 valence electrons. The fourth-order valence-electron chi connectivity index (χ4n) is 0.635. The molecule has 0 saturated heterocycles. The molecule has 1 unspecified atom stereocenters. The zero-order chi connectivity index (χ0) is 8.91. The zero-order valence-electron chi connectivity index (χ0n) is 7.02. The van der Waals surface area contributed by atoms with Crippen LogP contribution in [0.3, 0.4) is 0 Å². The van der Waals surface area contributed by atoms with E-state index in [1.807, 2.05) is 0 Å². The number of hydrogen-bond acceptors (Lipinski definition) is 3. The molecule has 0 aliphatic carbocycles. The van der Waals surface area contributed by atoms with E-state index in [1.54, 1.807) is 0 Å². The van der Waals surface area contributed by atoms with Gasteiger partial charge in [-0.05, 0) is 0 Å². The lowest BCUT2D eigenvalue weighted by Gasteiger charge is -2.18. The van der Waals surface area contributed by atoms with E-state index in [2.05, 4.69) is 9.47 Å². The van der Waals surface area contributed by atoms with E-state index in [9.17, 15) is 9.18 Å². The minimum absolute atomic E-state index is 0.0586. The van der Waals surface area contributed by atoms with Gasteiger partial charge >= 0.3 is 5.97 Å². The van der Waals surface area contributed by atoms with Crippen molar-refractivity contribution < 1.29 is 18.7 Å². The minimum atomic E-state index is -1.90. The van der Waals surface area contributed by atoms with Gasteiger partial charge < -0.3 is 9.47 Å². The normalized spacial score (nSPS) is 15.6. The summed E-state index contributed by atoms with van der Waals surface area (Å²) in [7, 11) is 1.46. The number of halogens is 1. The Bertz CT molecular complexity index is 134. The molecule has 1 atom stereocenters. The van der Waals surface area contributed by atoms with E-state index in [4.69, 9.17) is 0 Å². The molecule has 0 radical (unpaired) electrons. The molecule has 0 saturated carbocycles. The highest BCUT2D eigenvalue weighted by Crippen LogP contribution is 2.16. The Kier molecular flexibility index (Phi) is 4.03. The summed E-state index contributed by atoms with van der Waals surface area (Å²) in [4.78, 5) is 10.3. The van der Waals surface area contributed by atoms with Gasteiger partial charge in [-0.15, -0.1) is 0 Å². The highest BCUT2D eigenvalue weighted by molar-refractivity contribution is 5.66. The Morgan fingerprint density at radius 1 is 1.64 bits per heavy atom. The summed E-state index contributed by atoms with van der Waals surface area (Å²) in [6.45, 7) is 2.61. The van der Waals surface area contributed by atoms with Crippen LogP contribution in [0.25, 0.3) is 0 Å². The molecule has 0 aromatic carbocycles. The molecule has 0 bridgehead atoms. The smallest absolute Gasteiger partial charge is 0.305 e. The van der Waals surface area contributed by atoms with Gasteiger partial charge in [-0.25, -0.2) is 0 Å². The Morgan fingerprint density at radius 3 is 2.55 bits per heavy atom. The van der Waals surface area contributed by atoms with Gasteiger partial charge in [-0.2, -0.15) is 4.39 Å². The van der Waals surface area contributed by atoms with E-state index in [0.717, 1.165) is 0 Å². The number of carbonyl (C=O) groups excluding carboxylic acids is 1. The second kappa shape index (κ2) is 4.28. The predicted molar refractivity (Wildman–Crippen MR) is 37.8 cm³/mol. The lowest BCUT2D eigenvalue weighted by molar-refractivity contribution is -0.178. The molecule has 4 heteroatoms. The van der Waals surface area contributed by atoms with Crippen molar-refractivity contribution in [3.63, 3.8) is 0 Å². The number of ether oxygens (including phenoxy) is 2. The number of hydrogen-bond donors (Lipinski definition) is 0. The first-order chi connectivity index (χ1) is 4.98. The quantitative estimate of drug-likeness (QED) is 0.587. The summed E-state index contributed by atoms with van der Waals surface area (Å²) in [5.41, 5.74) is 0. The molecule has 0 rings (SSSR count). The summed E-state index contributed by atoms with van der Waals surface area (Å²) < 4.78 is 22.0. The highest BCUT2D eigenvalue weighted by Gasteiger charge is 2.25. The van der Waals surface area contributed by atoms with Crippen LogP contribution in [0.15, 0.2) is 0 Å². The number of alkyl halides is 1. The van der Waals surface area contributed by atoms with Crippen molar-refractivity contribution in [1.82, 2.24) is 0 Å². The van der Waals surface area contributed by atoms with Crippen molar-refractivity contribution in [2.24, 2.45) is 0 Å². The maximum absolute atomic E-state index is 13.0. The zero-order valence-corrected chi connectivity index (χ0v) is 7.02. The van der Waals surface area contributed by atoms with Crippen LogP contribution < -0.4 is 0 Å².